The van der Waals surface area contributed by atoms with Gasteiger partial charge in [-0.2, -0.15) is 0 Å². The molecule has 0 rings (SSSR count). The summed E-state index contributed by atoms with van der Waals surface area (Å²) in [6.45, 7) is 16.0. The van der Waals surface area contributed by atoms with Crippen molar-refractivity contribution in [1.29, 1.82) is 0 Å². The average Bonchev–Trinajstić information content (AvgIpc) is 2.97. The normalized spacial score (nSPS) is 13.5. The molecule has 0 amide bonds. The summed E-state index contributed by atoms with van der Waals surface area (Å²) < 4.78 is 33.4. The molecule has 0 unspecified atom stereocenters. The van der Waals surface area contributed by atoms with Crippen LogP contribution in [0, 0.1) is 5.41 Å². The minimum absolute atomic E-state index is 0.194. The van der Waals surface area contributed by atoms with Crippen LogP contribution >= 0.6 is 95.6 Å². The summed E-state index contributed by atoms with van der Waals surface area (Å²) in [6.07, 6.45) is -0.194. The first-order valence-electron chi connectivity index (χ1n) is 16.3. The van der Waals surface area contributed by atoms with Crippen molar-refractivity contribution in [2.24, 2.45) is 5.41 Å². The van der Waals surface area contributed by atoms with Crippen molar-refractivity contribution in [2.45, 2.75) is 121 Å². The third-order valence-corrected chi connectivity index (χ3v) is 8.74. The zero-order valence-electron chi connectivity index (χ0n) is 32.2. The Labute approximate surface area is 363 Å². The van der Waals surface area contributed by atoms with Crippen LogP contribution in [0.25, 0.3) is 0 Å². The van der Waals surface area contributed by atoms with Gasteiger partial charge in [0.05, 0.1) is 18.6 Å². The van der Waals surface area contributed by atoms with Gasteiger partial charge in [0.1, 0.15) is 59.0 Å². The lowest BCUT2D eigenvalue weighted by Gasteiger charge is -2.36. The second-order valence-electron chi connectivity index (χ2n) is 15.6. The van der Waals surface area contributed by atoms with E-state index in [1.807, 2.05) is 0 Å². The van der Waals surface area contributed by atoms with Gasteiger partial charge in [-0.05, 0) is 83.1 Å². The monoisotopic (exact) mass is 1140 g/mol. The van der Waals surface area contributed by atoms with E-state index < -0.39 is 106 Å². The highest BCUT2D eigenvalue weighted by Crippen LogP contribution is 2.31. The first kappa shape index (κ1) is 52.7. The van der Waals surface area contributed by atoms with E-state index in [1.54, 1.807) is 83.1 Å². The zero-order valence-corrected chi connectivity index (χ0v) is 41.7. The lowest BCUT2D eigenvalue weighted by atomic mass is 9.91. The minimum atomic E-state index is -1.77. The number of ether oxygens (including phenoxy) is 7. The van der Waals surface area contributed by atoms with E-state index >= 15 is 0 Å². The number of carbonyl (C=O) groups excluding carboxylic acids is 6. The van der Waals surface area contributed by atoms with Crippen LogP contribution < -0.4 is 0 Å². The van der Waals surface area contributed by atoms with Gasteiger partial charge in [0.15, 0.2) is 5.60 Å². The summed E-state index contributed by atoms with van der Waals surface area (Å²) in [5, 5.41) is 0. The molecule has 0 aliphatic rings. The van der Waals surface area contributed by atoms with E-state index in [0.29, 0.717) is 0 Å². The van der Waals surface area contributed by atoms with Crippen molar-refractivity contribution in [3.8, 4) is 0 Å². The number of esters is 6. The van der Waals surface area contributed by atoms with Crippen molar-refractivity contribution < 1.29 is 61.9 Å². The van der Waals surface area contributed by atoms with Gasteiger partial charge in [-0.3, -0.25) is 28.8 Å². The predicted octanol–water partition coefficient (Wildman–Crippen LogP) is 7.42. The molecular weight excluding hydrogens is 1100 g/mol. The van der Waals surface area contributed by atoms with Gasteiger partial charge in [-0.25, -0.2) is 0 Å². The Kier molecular flexibility index (Phi) is 20.2. The molecule has 0 fully saturated rings. The molecule has 19 heteroatoms. The number of carbonyl (C=O) groups is 6. The summed E-state index contributed by atoms with van der Waals surface area (Å²) in [5.41, 5.74) is -3.22. The number of rotatable bonds is 22. The van der Waals surface area contributed by atoms with Crippen molar-refractivity contribution in [1.82, 2.24) is 0 Å². The fourth-order valence-corrected chi connectivity index (χ4v) is 3.97. The highest BCUT2D eigenvalue weighted by atomic mass is 79.9. The van der Waals surface area contributed by atoms with Crippen LogP contribution in [0.4, 0.5) is 0 Å². The van der Waals surface area contributed by atoms with Crippen LogP contribution in [0.5, 0.6) is 0 Å². The van der Waals surface area contributed by atoms with E-state index in [9.17, 15) is 28.8 Å². The predicted molar refractivity (Wildman–Crippen MR) is 220 cm³/mol. The maximum Gasteiger partial charge on any atom is 0.323 e. The summed E-state index contributed by atoms with van der Waals surface area (Å²) in [5.74, 6) is -4.10. The third kappa shape index (κ3) is 20.1. The molecule has 0 aliphatic carbocycles. The molecule has 0 saturated heterocycles. The van der Waals surface area contributed by atoms with Gasteiger partial charge in [-0.15, -0.1) is 0 Å². The van der Waals surface area contributed by atoms with E-state index in [-0.39, 0.29) is 19.6 Å². The molecule has 53 heavy (non-hydrogen) atoms. The van der Waals surface area contributed by atoms with Gasteiger partial charge in [0.2, 0.25) is 0 Å². The zero-order chi connectivity index (χ0) is 42.1. The molecule has 0 aliphatic heterocycles. The fraction of sp³-hybridized carbons (Fsp3) is 0.824. The van der Waals surface area contributed by atoms with Crippen LogP contribution in [0.15, 0.2) is 0 Å². The molecule has 0 aromatic rings. The second kappa shape index (κ2) is 20.4. The Hall–Kier alpha value is -0.340. The first-order chi connectivity index (χ1) is 23.5. The highest BCUT2D eigenvalue weighted by molar-refractivity contribution is 9.11. The van der Waals surface area contributed by atoms with Crippen LogP contribution in [-0.4, -0.2) is 114 Å². The molecule has 0 radical (unpaired) electrons. The smallest absolute Gasteiger partial charge is 0.323 e. The number of halogens is 6. The third-order valence-electron chi connectivity index (χ3n) is 6.79. The summed E-state index contributed by atoms with van der Waals surface area (Å²) in [4.78, 5) is 77.6. The summed E-state index contributed by atoms with van der Waals surface area (Å²) >= 11 is 19.6. The largest absolute Gasteiger partial charge is 0.464 e. The van der Waals surface area contributed by atoms with Crippen molar-refractivity contribution in [2.75, 3.05) is 46.2 Å². The van der Waals surface area contributed by atoms with E-state index in [2.05, 4.69) is 95.6 Å². The molecule has 0 heterocycles. The summed E-state index contributed by atoms with van der Waals surface area (Å²) in [7, 11) is 0. The van der Waals surface area contributed by atoms with Crippen molar-refractivity contribution in [3.63, 3.8) is 0 Å². The lowest BCUT2D eigenvalue weighted by molar-refractivity contribution is -0.191. The second-order valence-corrected chi connectivity index (χ2v) is 27.5. The Bertz CT molecular complexity index is 1190. The van der Waals surface area contributed by atoms with Crippen LogP contribution in [0.2, 0.25) is 0 Å². The highest BCUT2D eigenvalue weighted by Gasteiger charge is 2.45. The molecule has 13 nitrogen and oxygen atoms in total. The van der Waals surface area contributed by atoms with Crippen LogP contribution in [-0.2, 0) is 61.9 Å². The fourth-order valence-electron chi connectivity index (χ4n) is 3.32. The summed E-state index contributed by atoms with van der Waals surface area (Å²) in [6, 6.07) is 0. The number of hydrogen-bond donors (Lipinski definition) is 0. The maximum atomic E-state index is 13.3. The molecule has 0 atom stereocenters. The average molecular weight is 1150 g/mol. The Morgan fingerprint density at radius 3 is 0.868 bits per heavy atom. The van der Waals surface area contributed by atoms with Crippen molar-refractivity contribution in [3.05, 3.63) is 0 Å². The van der Waals surface area contributed by atoms with Gasteiger partial charge in [0.25, 0.3) is 0 Å². The van der Waals surface area contributed by atoms with Gasteiger partial charge in [-0.1, -0.05) is 95.6 Å². The van der Waals surface area contributed by atoms with Gasteiger partial charge >= 0.3 is 35.8 Å². The molecule has 0 aromatic heterocycles. The van der Waals surface area contributed by atoms with Crippen LogP contribution in [0.1, 0.15) is 89.5 Å². The Morgan fingerprint density at radius 1 is 0.377 bits per heavy atom. The molecular formula is C34H52Br6O13. The molecule has 0 spiro atoms. The molecule has 308 valence electrons. The minimum Gasteiger partial charge on any atom is -0.464 e. The topological polar surface area (TPSA) is 167 Å². The van der Waals surface area contributed by atoms with E-state index in [4.69, 9.17) is 33.2 Å². The molecule has 0 saturated carbocycles. The van der Waals surface area contributed by atoms with Crippen molar-refractivity contribution >= 4 is 131 Å². The standard InChI is InChI=1S/C34H52Br6O13/c1-27(2,35)21(41)48-16-33(17-49-22(42)28(3,4)36,18-50-23(43)29(5,6)37)15-47-14-13-34(53-26(46)32(11,12)40,19-51-24(44)30(7,8)38)20-52-25(45)31(9,10)39/h13-20H2,1-12H3. The molecule has 0 N–H and O–H groups in total. The van der Waals surface area contributed by atoms with E-state index in [0.717, 1.165) is 0 Å². The molecule has 0 aromatic carbocycles. The molecule has 0 bridgehead atoms. The number of hydrogen-bond acceptors (Lipinski definition) is 13. The number of alkyl halides is 6. The van der Waals surface area contributed by atoms with E-state index in [1.165, 1.54) is 0 Å². The van der Waals surface area contributed by atoms with Crippen LogP contribution in [0.3, 0.4) is 0 Å². The quantitative estimate of drug-likeness (QED) is 0.0456. The Balaban J connectivity index is 6.88. The maximum absolute atomic E-state index is 13.3. The first-order valence-corrected chi connectivity index (χ1v) is 21.0. The van der Waals surface area contributed by atoms with Gasteiger partial charge in [0, 0.05) is 6.42 Å². The van der Waals surface area contributed by atoms with Gasteiger partial charge < -0.3 is 33.2 Å². The lowest BCUT2D eigenvalue weighted by Crippen LogP contribution is -2.51. The Morgan fingerprint density at radius 2 is 0.623 bits per heavy atom. The SMILES string of the molecule is CC(C)(Br)C(=O)OCC(COCCC(COC(=O)C(C)(C)Br)(COC(=O)C(C)(C)Br)OC(=O)C(C)(C)Br)(COC(=O)C(C)(C)Br)COC(=O)C(C)(C)Br.